The van der Waals surface area contributed by atoms with Crippen LogP contribution in [0.5, 0.6) is 0 Å². The van der Waals surface area contributed by atoms with Gasteiger partial charge in [-0.3, -0.25) is 4.79 Å². The summed E-state index contributed by atoms with van der Waals surface area (Å²) in [7, 11) is 0. The van der Waals surface area contributed by atoms with E-state index in [0.717, 1.165) is 51.4 Å². The van der Waals surface area contributed by atoms with Crippen molar-refractivity contribution in [2.75, 3.05) is 6.61 Å². The molecule has 0 aliphatic carbocycles. The number of carbonyl (C=O) groups excluding carboxylic acids is 1. The van der Waals surface area contributed by atoms with E-state index in [2.05, 4.69) is 67.8 Å². The molecule has 0 aliphatic heterocycles. The van der Waals surface area contributed by atoms with E-state index in [1.165, 1.54) is 212 Å². The van der Waals surface area contributed by atoms with E-state index in [1.807, 2.05) is 0 Å². The van der Waals surface area contributed by atoms with Crippen molar-refractivity contribution in [2.24, 2.45) is 0 Å². The first-order chi connectivity index (χ1) is 31.1. The van der Waals surface area contributed by atoms with Crippen LogP contribution in [0.15, 0.2) is 48.6 Å². The molecule has 5 heteroatoms. The molecule has 0 aromatic carbocycles. The number of aliphatic hydroxyl groups excluding tert-OH is 3. The van der Waals surface area contributed by atoms with Gasteiger partial charge in [-0.15, -0.1) is 0 Å². The van der Waals surface area contributed by atoms with Crippen LogP contribution in [0.25, 0.3) is 0 Å². The van der Waals surface area contributed by atoms with Crippen LogP contribution in [-0.2, 0) is 4.79 Å². The van der Waals surface area contributed by atoms with Crippen molar-refractivity contribution in [2.45, 2.75) is 308 Å². The minimum atomic E-state index is -1.17. The molecule has 0 aliphatic rings. The second kappa shape index (κ2) is 52.9. The fourth-order valence-corrected chi connectivity index (χ4v) is 8.56. The molecule has 370 valence electrons. The van der Waals surface area contributed by atoms with Gasteiger partial charge in [-0.25, -0.2) is 0 Å². The molecular weight excluding hydrogens is 775 g/mol. The molecular formula is C58H109NO4. The molecule has 0 saturated heterocycles. The van der Waals surface area contributed by atoms with Crippen molar-refractivity contribution < 1.29 is 20.1 Å². The number of rotatable bonds is 51. The molecule has 0 bridgehead atoms. The van der Waals surface area contributed by atoms with Gasteiger partial charge in [0.1, 0.15) is 6.10 Å². The second-order valence-electron chi connectivity index (χ2n) is 19.1. The lowest BCUT2D eigenvalue weighted by Crippen LogP contribution is -2.50. The summed E-state index contributed by atoms with van der Waals surface area (Å²) in [5.41, 5.74) is 0. The fourth-order valence-electron chi connectivity index (χ4n) is 8.56. The summed E-state index contributed by atoms with van der Waals surface area (Å²) >= 11 is 0. The third-order valence-electron chi connectivity index (χ3n) is 12.9. The van der Waals surface area contributed by atoms with Gasteiger partial charge in [-0.05, 0) is 83.5 Å². The highest BCUT2D eigenvalue weighted by atomic mass is 16.3. The lowest BCUT2D eigenvalue weighted by molar-refractivity contribution is -0.124. The van der Waals surface area contributed by atoms with Gasteiger partial charge in [-0.1, -0.05) is 249 Å². The van der Waals surface area contributed by atoms with Gasteiger partial charge >= 0.3 is 0 Å². The van der Waals surface area contributed by atoms with E-state index in [4.69, 9.17) is 0 Å². The Morgan fingerprint density at radius 1 is 0.397 bits per heavy atom. The Balaban J connectivity index is 3.63. The first-order valence-corrected chi connectivity index (χ1v) is 27.9. The number of aliphatic hydroxyl groups is 3. The van der Waals surface area contributed by atoms with Gasteiger partial charge in [0.05, 0.1) is 18.8 Å². The molecule has 3 unspecified atom stereocenters. The maximum absolute atomic E-state index is 12.5. The van der Waals surface area contributed by atoms with Gasteiger partial charge in [0.2, 0.25) is 5.91 Å². The SMILES string of the molecule is CCCCCCCCCCC/C=C\C/C=C\CCCCCCCCCCCC(=O)NC(CO)C(O)C(O)CCC/C=C/CC/C=C/CCCCCCCCCCCCCCCCC. The van der Waals surface area contributed by atoms with E-state index in [1.54, 1.807) is 0 Å². The van der Waals surface area contributed by atoms with Gasteiger partial charge in [0.15, 0.2) is 0 Å². The van der Waals surface area contributed by atoms with E-state index < -0.39 is 18.2 Å². The molecule has 0 heterocycles. The van der Waals surface area contributed by atoms with Crippen LogP contribution in [-0.4, -0.2) is 46.1 Å². The van der Waals surface area contributed by atoms with Crippen LogP contribution in [0, 0.1) is 0 Å². The zero-order chi connectivity index (χ0) is 45.8. The Labute approximate surface area is 393 Å². The van der Waals surface area contributed by atoms with E-state index in [-0.39, 0.29) is 12.5 Å². The predicted molar refractivity (Wildman–Crippen MR) is 277 cm³/mol. The number of hydrogen-bond donors (Lipinski definition) is 4. The average Bonchev–Trinajstić information content (AvgIpc) is 3.29. The smallest absolute Gasteiger partial charge is 0.220 e. The van der Waals surface area contributed by atoms with Gasteiger partial charge in [-0.2, -0.15) is 0 Å². The van der Waals surface area contributed by atoms with Gasteiger partial charge in [0.25, 0.3) is 0 Å². The molecule has 1 amide bonds. The summed E-state index contributed by atoms with van der Waals surface area (Å²) in [5.74, 6) is -0.161. The van der Waals surface area contributed by atoms with Crippen molar-refractivity contribution in [1.29, 1.82) is 0 Å². The average molecular weight is 885 g/mol. The summed E-state index contributed by atoms with van der Waals surface area (Å²) in [5, 5.41) is 33.7. The standard InChI is InChI=1S/C58H109NO4/c1-3-5-7-9-11-13-15-17-19-21-23-25-27-29-31-33-35-37-39-41-43-45-47-49-51-53-57(62)59-55(54-60)58(63)56(61)52-50-48-46-44-42-40-38-36-34-32-30-28-26-24-22-20-18-16-14-12-10-8-6-4-2/h23,25,29,31,36,38,44,46,55-56,58,60-61,63H,3-22,24,26-28,30,32-35,37,39-43,45,47-54H2,1-2H3,(H,59,62)/b25-23-,31-29-,38-36+,46-44+. The molecule has 0 aromatic heterocycles. The summed E-state index contributed by atoms with van der Waals surface area (Å²) < 4.78 is 0. The third-order valence-corrected chi connectivity index (χ3v) is 12.9. The van der Waals surface area contributed by atoms with Gasteiger partial charge in [0, 0.05) is 6.42 Å². The summed E-state index contributed by atoms with van der Waals surface area (Å²) in [6.45, 7) is 4.19. The van der Waals surface area contributed by atoms with Crippen LogP contribution in [0.1, 0.15) is 290 Å². The Morgan fingerprint density at radius 3 is 1.06 bits per heavy atom. The number of carbonyl (C=O) groups is 1. The number of amides is 1. The first-order valence-electron chi connectivity index (χ1n) is 27.9. The largest absolute Gasteiger partial charge is 0.394 e. The Bertz CT molecular complexity index is 1020. The second-order valence-corrected chi connectivity index (χ2v) is 19.1. The van der Waals surface area contributed by atoms with Crippen molar-refractivity contribution >= 4 is 5.91 Å². The van der Waals surface area contributed by atoms with Crippen LogP contribution in [0.2, 0.25) is 0 Å². The molecule has 5 nitrogen and oxygen atoms in total. The number of unbranched alkanes of at least 4 members (excludes halogenated alkanes) is 35. The summed E-state index contributed by atoms with van der Waals surface area (Å²) in [6.07, 6.45) is 69.7. The van der Waals surface area contributed by atoms with Crippen LogP contribution < -0.4 is 5.32 Å². The number of hydrogen-bond acceptors (Lipinski definition) is 4. The zero-order valence-electron chi connectivity index (χ0n) is 42.2. The van der Waals surface area contributed by atoms with Crippen molar-refractivity contribution in [1.82, 2.24) is 5.32 Å². The molecule has 0 saturated carbocycles. The lowest BCUT2D eigenvalue weighted by Gasteiger charge is -2.26. The lowest BCUT2D eigenvalue weighted by atomic mass is 10.0. The zero-order valence-corrected chi connectivity index (χ0v) is 42.2. The normalized spacial score (nSPS) is 13.7. The summed E-state index contributed by atoms with van der Waals surface area (Å²) in [4.78, 5) is 12.5. The minimum absolute atomic E-state index is 0.161. The molecule has 0 rings (SSSR count). The Kier molecular flexibility index (Phi) is 51.5. The highest BCUT2D eigenvalue weighted by Gasteiger charge is 2.26. The Hall–Kier alpha value is -1.69. The first kappa shape index (κ1) is 61.3. The molecule has 0 aromatic rings. The minimum Gasteiger partial charge on any atom is -0.394 e. The summed E-state index contributed by atoms with van der Waals surface area (Å²) in [6, 6.07) is -0.837. The van der Waals surface area contributed by atoms with Crippen molar-refractivity contribution in [3.8, 4) is 0 Å². The molecule has 4 N–H and O–H groups in total. The highest BCUT2D eigenvalue weighted by molar-refractivity contribution is 5.76. The van der Waals surface area contributed by atoms with Crippen LogP contribution >= 0.6 is 0 Å². The number of allylic oxidation sites excluding steroid dienone is 8. The van der Waals surface area contributed by atoms with E-state index in [9.17, 15) is 20.1 Å². The maximum Gasteiger partial charge on any atom is 0.220 e. The molecule has 0 radical (unpaired) electrons. The van der Waals surface area contributed by atoms with E-state index in [0.29, 0.717) is 12.8 Å². The van der Waals surface area contributed by atoms with Gasteiger partial charge < -0.3 is 20.6 Å². The Morgan fingerprint density at radius 2 is 0.698 bits per heavy atom. The van der Waals surface area contributed by atoms with E-state index >= 15 is 0 Å². The molecule has 63 heavy (non-hydrogen) atoms. The molecule has 0 fully saturated rings. The van der Waals surface area contributed by atoms with Crippen molar-refractivity contribution in [3.63, 3.8) is 0 Å². The monoisotopic (exact) mass is 884 g/mol. The quantitative estimate of drug-likeness (QED) is 0.0362. The van der Waals surface area contributed by atoms with Crippen LogP contribution in [0.4, 0.5) is 0 Å². The topological polar surface area (TPSA) is 89.8 Å². The highest BCUT2D eigenvalue weighted by Crippen LogP contribution is 2.16. The number of nitrogens with one attached hydrogen (secondary N) is 1. The van der Waals surface area contributed by atoms with Crippen molar-refractivity contribution in [3.05, 3.63) is 48.6 Å². The third kappa shape index (κ3) is 48.1. The molecule has 3 atom stereocenters. The van der Waals surface area contributed by atoms with Crippen LogP contribution in [0.3, 0.4) is 0 Å². The molecule has 0 spiro atoms. The predicted octanol–water partition coefficient (Wildman–Crippen LogP) is 17.2. The fraction of sp³-hybridized carbons (Fsp3) is 0.845. The maximum atomic E-state index is 12.5.